The molecule has 1 unspecified atom stereocenters. The molecule has 1 aromatic heterocycles. The third-order valence-corrected chi connectivity index (χ3v) is 7.14. The Kier molecular flexibility index (Phi) is 7.38. The van der Waals surface area contributed by atoms with Crippen LogP contribution in [0.1, 0.15) is 50.0 Å². The standard InChI is InChI=1S/C21H26ClN3O5S/c1-31(29,30)18-7-6-15(13-17(18)22)16(12-14-4-2-3-5-14)21(28)23-19-8-10-25(24-19)11-9-20(26)27/h6-8,10,13-14,16H,2-5,9,11-12H2,1H3,(H,26,27)(H,23,24,28). The quantitative estimate of drug-likeness (QED) is 0.580. The number of hydrogen-bond donors (Lipinski definition) is 2. The van der Waals surface area contributed by atoms with Crippen molar-refractivity contribution < 1.29 is 23.1 Å². The first kappa shape index (κ1) is 23.3. The van der Waals surface area contributed by atoms with Crippen LogP contribution in [0.4, 0.5) is 5.82 Å². The molecule has 1 atom stereocenters. The molecule has 0 spiro atoms. The molecule has 31 heavy (non-hydrogen) atoms. The number of aliphatic carboxylic acids is 1. The van der Waals surface area contributed by atoms with Gasteiger partial charge in [0.05, 0.1) is 28.8 Å². The van der Waals surface area contributed by atoms with Crippen LogP contribution in [0.25, 0.3) is 0 Å². The van der Waals surface area contributed by atoms with Crippen LogP contribution in [0.3, 0.4) is 0 Å². The van der Waals surface area contributed by atoms with E-state index in [1.165, 1.54) is 10.7 Å². The summed E-state index contributed by atoms with van der Waals surface area (Å²) >= 11 is 6.23. The zero-order valence-electron chi connectivity index (χ0n) is 17.3. The average molecular weight is 468 g/mol. The fourth-order valence-electron chi connectivity index (χ4n) is 3.98. The van der Waals surface area contributed by atoms with Gasteiger partial charge in [-0.25, -0.2) is 8.42 Å². The van der Waals surface area contributed by atoms with Gasteiger partial charge >= 0.3 is 5.97 Å². The minimum absolute atomic E-state index is 0.0371. The van der Waals surface area contributed by atoms with Gasteiger partial charge < -0.3 is 10.4 Å². The number of amides is 1. The number of carboxylic acids is 1. The van der Waals surface area contributed by atoms with Crippen molar-refractivity contribution in [1.29, 1.82) is 0 Å². The lowest BCUT2D eigenvalue weighted by Gasteiger charge is -2.21. The molecule has 10 heteroatoms. The summed E-state index contributed by atoms with van der Waals surface area (Å²) in [5.74, 6) is -0.924. The number of sulfone groups is 1. The number of halogens is 1. The highest BCUT2D eigenvalue weighted by Crippen LogP contribution is 2.36. The van der Waals surface area contributed by atoms with Crippen molar-refractivity contribution in [3.05, 3.63) is 41.0 Å². The molecule has 2 aromatic rings. The number of nitrogens with one attached hydrogen (secondary N) is 1. The molecule has 1 aromatic carbocycles. The van der Waals surface area contributed by atoms with E-state index in [1.807, 2.05) is 0 Å². The topological polar surface area (TPSA) is 118 Å². The summed E-state index contributed by atoms with van der Waals surface area (Å²) in [5.41, 5.74) is 0.659. The van der Waals surface area contributed by atoms with Crippen molar-refractivity contribution >= 4 is 39.1 Å². The number of carbonyl (C=O) groups is 2. The lowest BCUT2D eigenvalue weighted by Crippen LogP contribution is -2.23. The van der Waals surface area contributed by atoms with Gasteiger partial charge in [0.15, 0.2) is 15.7 Å². The van der Waals surface area contributed by atoms with Crippen molar-refractivity contribution in [2.24, 2.45) is 5.92 Å². The Morgan fingerprint density at radius 1 is 1.29 bits per heavy atom. The zero-order chi connectivity index (χ0) is 22.6. The summed E-state index contributed by atoms with van der Waals surface area (Å²) < 4.78 is 25.2. The predicted molar refractivity (Wildman–Crippen MR) is 117 cm³/mol. The number of carboxylic acid groups (broad SMARTS) is 1. The van der Waals surface area contributed by atoms with Crippen LogP contribution in [-0.2, 0) is 26.0 Å². The Morgan fingerprint density at radius 2 is 2.00 bits per heavy atom. The largest absolute Gasteiger partial charge is 0.481 e. The molecule has 1 fully saturated rings. The highest BCUT2D eigenvalue weighted by atomic mass is 35.5. The van der Waals surface area contributed by atoms with E-state index >= 15 is 0 Å². The summed E-state index contributed by atoms with van der Waals surface area (Å²) in [7, 11) is -3.46. The zero-order valence-corrected chi connectivity index (χ0v) is 18.8. The molecule has 1 amide bonds. The van der Waals surface area contributed by atoms with Gasteiger partial charge in [-0.2, -0.15) is 5.10 Å². The lowest BCUT2D eigenvalue weighted by atomic mass is 9.87. The first-order valence-electron chi connectivity index (χ1n) is 10.2. The fourth-order valence-corrected chi connectivity index (χ4v) is 5.32. The summed E-state index contributed by atoms with van der Waals surface area (Å²) in [6, 6.07) is 6.27. The van der Waals surface area contributed by atoms with E-state index in [9.17, 15) is 18.0 Å². The van der Waals surface area contributed by atoms with E-state index in [4.69, 9.17) is 16.7 Å². The van der Waals surface area contributed by atoms with E-state index < -0.39 is 21.7 Å². The van der Waals surface area contributed by atoms with Crippen LogP contribution in [-0.4, -0.2) is 41.4 Å². The number of nitrogens with zero attached hydrogens (tertiary/aromatic N) is 2. The Bertz CT molecular complexity index is 1060. The first-order chi connectivity index (χ1) is 14.6. The summed E-state index contributed by atoms with van der Waals surface area (Å²) in [4.78, 5) is 23.9. The van der Waals surface area contributed by atoms with Crippen LogP contribution in [0.15, 0.2) is 35.4 Å². The van der Waals surface area contributed by atoms with Gasteiger partial charge in [0, 0.05) is 18.5 Å². The van der Waals surface area contributed by atoms with Gasteiger partial charge in [0.2, 0.25) is 5.91 Å². The third-order valence-electron chi connectivity index (χ3n) is 5.56. The monoisotopic (exact) mass is 467 g/mol. The molecule has 1 heterocycles. The molecule has 2 N–H and O–H groups in total. The number of aryl methyl sites for hydroxylation is 1. The molecular formula is C21H26ClN3O5S. The molecule has 1 saturated carbocycles. The lowest BCUT2D eigenvalue weighted by molar-refractivity contribution is -0.137. The molecule has 0 radical (unpaired) electrons. The van der Waals surface area contributed by atoms with E-state index in [-0.39, 0.29) is 28.8 Å². The Morgan fingerprint density at radius 3 is 2.61 bits per heavy atom. The Labute approximate surface area is 186 Å². The van der Waals surface area contributed by atoms with E-state index in [0.717, 1.165) is 31.9 Å². The smallest absolute Gasteiger partial charge is 0.305 e. The van der Waals surface area contributed by atoms with Gasteiger partial charge in [0.1, 0.15) is 0 Å². The minimum atomic E-state index is -3.46. The highest BCUT2D eigenvalue weighted by molar-refractivity contribution is 7.90. The Balaban J connectivity index is 1.81. The Hall–Kier alpha value is -2.39. The highest BCUT2D eigenvalue weighted by Gasteiger charge is 2.28. The van der Waals surface area contributed by atoms with Gasteiger partial charge in [-0.15, -0.1) is 0 Å². The maximum atomic E-state index is 13.2. The van der Waals surface area contributed by atoms with Crippen LogP contribution in [0, 0.1) is 5.92 Å². The molecule has 168 valence electrons. The van der Waals surface area contributed by atoms with Crippen molar-refractivity contribution in [1.82, 2.24) is 9.78 Å². The SMILES string of the molecule is CS(=O)(=O)c1ccc(C(CC2CCCC2)C(=O)Nc2ccn(CCC(=O)O)n2)cc1Cl. The van der Waals surface area contributed by atoms with Crippen LogP contribution >= 0.6 is 11.6 Å². The molecule has 1 aliphatic rings. The number of anilines is 1. The molecule has 0 saturated heterocycles. The molecular weight excluding hydrogens is 442 g/mol. The molecule has 3 rings (SSSR count). The van der Waals surface area contributed by atoms with E-state index in [0.29, 0.717) is 23.7 Å². The second kappa shape index (κ2) is 9.82. The van der Waals surface area contributed by atoms with E-state index in [2.05, 4.69) is 10.4 Å². The van der Waals surface area contributed by atoms with Gasteiger partial charge in [-0.1, -0.05) is 43.4 Å². The fraction of sp³-hybridized carbons (Fsp3) is 0.476. The minimum Gasteiger partial charge on any atom is -0.481 e. The van der Waals surface area contributed by atoms with Gasteiger partial charge in [0.25, 0.3) is 0 Å². The molecule has 1 aliphatic carbocycles. The normalized spacial score (nSPS) is 15.7. The first-order valence-corrected chi connectivity index (χ1v) is 12.5. The molecule has 0 aliphatic heterocycles. The van der Waals surface area contributed by atoms with Gasteiger partial charge in [-0.3, -0.25) is 14.3 Å². The van der Waals surface area contributed by atoms with E-state index in [1.54, 1.807) is 24.4 Å². The number of carbonyl (C=O) groups excluding carboxylic acids is 1. The van der Waals surface area contributed by atoms with Crippen molar-refractivity contribution in [2.45, 2.75) is 55.9 Å². The number of rotatable bonds is 9. The van der Waals surface area contributed by atoms with Crippen LogP contribution in [0.5, 0.6) is 0 Å². The van der Waals surface area contributed by atoms with Crippen LogP contribution in [0.2, 0.25) is 5.02 Å². The number of aromatic nitrogens is 2. The molecule has 8 nitrogen and oxygen atoms in total. The summed E-state index contributed by atoms with van der Waals surface area (Å²) in [5, 5.41) is 15.9. The predicted octanol–water partition coefficient (Wildman–Crippen LogP) is 3.72. The van der Waals surface area contributed by atoms with Crippen molar-refractivity contribution in [3.8, 4) is 0 Å². The maximum Gasteiger partial charge on any atom is 0.305 e. The van der Waals surface area contributed by atoms with Gasteiger partial charge in [-0.05, 0) is 30.0 Å². The maximum absolute atomic E-state index is 13.2. The number of benzene rings is 1. The second-order valence-electron chi connectivity index (χ2n) is 8.00. The van der Waals surface area contributed by atoms with Crippen molar-refractivity contribution in [3.63, 3.8) is 0 Å². The summed E-state index contributed by atoms with van der Waals surface area (Å²) in [6.45, 7) is 0.208. The number of hydrogen-bond acceptors (Lipinski definition) is 5. The third kappa shape index (κ3) is 6.30. The second-order valence-corrected chi connectivity index (χ2v) is 10.4. The molecule has 0 bridgehead atoms. The van der Waals surface area contributed by atoms with Crippen LogP contribution < -0.4 is 5.32 Å². The summed E-state index contributed by atoms with van der Waals surface area (Å²) in [6.07, 6.45) is 7.68. The average Bonchev–Trinajstić information content (AvgIpc) is 3.35. The van der Waals surface area contributed by atoms with Crippen molar-refractivity contribution in [2.75, 3.05) is 11.6 Å².